The van der Waals surface area contributed by atoms with Gasteiger partial charge in [0.1, 0.15) is 0 Å². The first kappa shape index (κ1) is 11.0. The monoisotopic (exact) mass is 184 g/mol. The van der Waals surface area contributed by atoms with Crippen LogP contribution in [-0.2, 0) is 0 Å². The molecule has 0 aromatic heterocycles. The second-order valence-electron chi connectivity index (χ2n) is 4.50. The van der Waals surface area contributed by atoms with E-state index < -0.39 is 0 Å². The number of nitrogens with one attached hydrogen (secondary N) is 2. The SMILES string of the molecule is CNC(CNC(C)C)C1CCCC1. The first-order valence-corrected chi connectivity index (χ1v) is 5.64. The van der Waals surface area contributed by atoms with E-state index in [0.29, 0.717) is 12.1 Å². The average molecular weight is 184 g/mol. The summed E-state index contributed by atoms with van der Waals surface area (Å²) in [7, 11) is 2.09. The Morgan fingerprint density at radius 3 is 2.31 bits per heavy atom. The molecule has 78 valence electrons. The van der Waals surface area contributed by atoms with Gasteiger partial charge in [-0.25, -0.2) is 0 Å². The van der Waals surface area contributed by atoms with Crippen molar-refractivity contribution < 1.29 is 0 Å². The van der Waals surface area contributed by atoms with Crippen LogP contribution in [0.3, 0.4) is 0 Å². The third-order valence-corrected chi connectivity index (χ3v) is 3.09. The Morgan fingerprint density at radius 1 is 1.23 bits per heavy atom. The van der Waals surface area contributed by atoms with Gasteiger partial charge in [-0.05, 0) is 25.8 Å². The summed E-state index contributed by atoms with van der Waals surface area (Å²) < 4.78 is 0. The fraction of sp³-hybridized carbons (Fsp3) is 1.00. The summed E-state index contributed by atoms with van der Waals surface area (Å²) in [4.78, 5) is 0. The molecule has 0 radical (unpaired) electrons. The van der Waals surface area contributed by atoms with E-state index in [0.717, 1.165) is 12.5 Å². The Balaban J connectivity index is 2.24. The molecular weight excluding hydrogens is 160 g/mol. The number of rotatable bonds is 5. The first-order valence-electron chi connectivity index (χ1n) is 5.64. The summed E-state index contributed by atoms with van der Waals surface area (Å²) in [5.41, 5.74) is 0. The quantitative estimate of drug-likeness (QED) is 0.680. The van der Waals surface area contributed by atoms with Gasteiger partial charge in [-0.2, -0.15) is 0 Å². The van der Waals surface area contributed by atoms with Crippen molar-refractivity contribution in [3.63, 3.8) is 0 Å². The fourth-order valence-electron chi connectivity index (χ4n) is 2.23. The molecule has 13 heavy (non-hydrogen) atoms. The predicted octanol–water partition coefficient (Wildman–Crippen LogP) is 1.76. The molecule has 1 aliphatic carbocycles. The zero-order valence-electron chi connectivity index (χ0n) is 9.27. The minimum absolute atomic E-state index is 0.609. The van der Waals surface area contributed by atoms with Crippen LogP contribution in [0, 0.1) is 5.92 Å². The molecule has 1 atom stereocenters. The lowest BCUT2D eigenvalue weighted by atomic mass is 9.98. The van der Waals surface area contributed by atoms with Gasteiger partial charge < -0.3 is 10.6 Å². The molecule has 1 rings (SSSR count). The van der Waals surface area contributed by atoms with E-state index in [1.807, 2.05) is 0 Å². The normalized spacial score (nSPS) is 21.2. The molecule has 0 spiro atoms. The Bertz CT molecular complexity index is 128. The van der Waals surface area contributed by atoms with E-state index in [4.69, 9.17) is 0 Å². The third-order valence-electron chi connectivity index (χ3n) is 3.09. The van der Waals surface area contributed by atoms with Crippen LogP contribution in [0.2, 0.25) is 0 Å². The van der Waals surface area contributed by atoms with Gasteiger partial charge in [0.05, 0.1) is 0 Å². The van der Waals surface area contributed by atoms with Gasteiger partial charge in [0.2, 0.25) is 0 Å². The minimum atomic E-state index is 0.609. The maximum Gasteiger partial charge on any atom is 0.0217 e. The van der Waals surface area contributed by atoms with Crippen LogP contribution < -0.4 is 10.6 Å². The molecule has 0 heterocycles. The molecule has 2 N–H and O–H groups in total. The van der Waals surface area contributed by atoms with Crippen LogP contribution in [0.4, 0.5) is 0 Å². The standard InChI is InChI=1S/C11H24N2/c1-9(2)13-8-11(12-3)10-6-4-5-7-10/h9-13H,4-8H2,1-3H3. The number of likely N-dealkylation sites (N-methyl/N-ethyl adjacent to an activating group) is 1. The molecule has 0 aromatic rings. The lowest BCUT2D eigenvalue weighted by Gasteiger charge is -2.24. The van der Waals surface area contributed by atoms with Crippen LogP contribution in [0.15, 0.2) is 0 Å². The van der Waals surface area contributed by atoms with Gasteiger partial charge in [0, 0.05) is 18.6 Å². The van der Waals surface area contributed by atoms with Crippen LogP contribution in [0.1, 0.15) is 39.5 Å². The van der Waals surface area contributed by atoms with E-state index in [-0.39, 0.29) is 0 Å². The molecule has 0 aliphatic heterocycles. The minimum Gasteiger partial charge on any atom is -0.315 e. The summed E-state index contributed by atoms with van der Waals surface area (Å²) >= 11 is 0. The smallest absolute Gasteiger partial charge is 0.0217 e. The third kappa shape index (κ3) is 3.65. The zero-order chi connectivity index (χ0) is 9.68. The van der Waals surface area contributed by atoms with Crippen LogP contribution in [0.5, 0.6) is 0 Å². The van der Waals surface area contributed by atoms with Gasteiger partial charge in [0.15, 0.2) is 0 Å². The van der Waals surface area contributed by atoms with Crippen molar-refractivity contribution >= 4 is 0 Å². The Hall–Kier alpha value is -0.0800. The van der Waals surface area contributed by atoms with E-state index in [9.17, 15) is 0 Å². The van der Waals surface area contributed by atoms with Gasteiger partial charge >= 0.3 is 0 Å². The molecule has 0 saturated heterocycles. The van der Waals surface area contributed by atoms with E-state index in [1.165, 1.54) is 25.7 Å². The van der Waals surface area contributed by atoms with Gasteiger partial charge in [-0.1, -0.05) is 26.7 Å². The maximum absolute atomic E-state index is 3.51. The molecule has 0 amide bonds. The first-order chi connectivity index (χ1) is 6.24. The zero-order valence-corrected chi connectivity index (χ0v) is 9.27. The summed E-state index contributed by atoms with van der Waals surface area (Å²) in [6.07, 6.45) is 5.71. The molecular formula is C11H24N2. The molecule has 2 heteroatoms. The largest absolute Gasteiger partial charge is 0.315 e. The fourth-order valence-corrected chi connectivity index (χ4v) is 2.23. The van der Waals surface area contributed by atoms with Crippen molar-refractivity contribution in [2.24, 2.45) is 5.92 Å². The average Bonchev–Trinajstić information content (AvgIpc) is 2.58. The molecule has 1 aliphatic rings. The highest BCUT2D eigenvalue weighted by Crippen LogP contribution is 2.27. The summed E-state index contributed by atoms with van der Waals surface area (Å²) in [5, 5.41) is 6.95. The maximum atomic E-state index is 3.51. The highest BCUT2D eigenvalue weighted by molar-refractivity contribution is 4.81. The van der Waals surface area contributed by atoms with Crippen molar-refractivity contribution in [1.29, 1.82) is 0 Å². The molecule has 1 fully saturated rings. The van der Waals surface area contributed by atoms with Gasteiger partial charge in [-0.15, -0.1) is 0 Å². The topological polar surface area (TPSA) is 24.1 Å². The van der Waals surface area contributed by atoms with Crippen molar-refractivity contribution in [3.8, 4) is 0 Å². The number of hydrogen-bond acceptors (Lipinski definition) is 2. The predicted molar refractivity (Wildman–Crippen MR) is 57.9 cm³/mol. The molecule has 2 nitrogen and oxygen atoms in total. The van der Waals surface area contributed by atoms with Crippen molar-refractivity contribution in [2.75, 3.05) is 13.6 Å². The van der Waals surface area contributed by atoms with Crippen molar-refractivity contribution in [1.82, 2.24) is 10.6 Å². The van der Waals surface area contributed by atoms with Crippen molar-refractivity contribution in [3.05, 3.63) is 0 Å². The molecule has 0 bridgehead atoms. The lowest BCUT2D eigenvalue weighted by molar-refractivity contribution is 0.353. The van der Waals surface area contributed by atoms with Gasteiger partial charge in [0.25, 0.3) is 0 Å². The van der Waals surface area contributed by atoms with Crippen LogP contribution in [-0.4, -0.2) is 25.7 Å². The second kappa shape index (κ2) is 5.61. The summed E-state index contributed by atoms with van der Waals surface area (Å²) in [6.45, 7) is 5.54. The van der Waals surface area contributed by atoms with Gasteiger partial charge in [-0.3, -0.25) is 0 Å². The second-order valence-corrected chi connectivity index (χ2v) is 4.50. The van der Waals surface area contributed by atoms with E-state index in [2.05, 4.69) is 31.5 Å². The molecule has 1 saturated carbocycles. The Morgan fingerprint density at radius 2 is 1.85 bits per heavy atom. The summed E-state index contributed by atoms with van der Waals surface area (Å²) in [5.74, 6) is 0.913. The van der Waals surface area contributed by atoms with Crippen LogP contribution >= 0.6 is 0 Å². The summed E-state index contributed by atoms with van der Waals surface area (Å²) in [6, 6.07) is 1.29. The Labute approximate surface area is 82.5 Å². The molecule has 0 aromatic carbocycles. The van der Waals surface area contributed by atoms with E-state index >= 15 is 0 Å². The Kier molecular flexibility index (Phi) is 4.74. The number of hydrogen-bond donors (Lipinski definition) is 2. The van der Waals surface area contributed by atoms with Crippen LogP contribution in [0.25, 0.3) is 0 Å². The van der Waals surface area contributed by atoms with Crippen molar-refractivity contribution in [2.45, 2.75) is 51.6 Å². The highest BCUT2D eigenvalue weighted by Gasteiger charge is 2.23. The molecule has 1 unspecified atom stereocenters. The highest BCUT2D eigenvalue weighted by atomic mass is 15.0. The van der Waals surface area contributed by atoms with E-state index in [1.54, 1.807) is 0 Å². The lowest BCUT2D eigenvalue weighted by Crippen LogP contribution is -2.43.